The van der Waals surface area contributed by atoms with Gasteiger partial charge in [-0.15, -0.1) is 0 Å². The van der Waals surface area contributed by atoms with Crippen LogP contribution in [0.3, 0.4) is 0 Å². The van der Waals surface area contributed by atoms with Gasteiger partial charge < -0.3 is 4.90 Å². The Morgan fingerprint density at radius 1 is 1.39 bits per heavy atom. The lowest BCUT2D eigenvalue weighted by molar-refractivity contribution is 0.546. The van der Waals surface area contributed by atoms with Crippen LogP contribution in [0.1, 0.15) is 40.0 Å². The minimum absolute atomic E-state index is 0.0923. The predicted octanol–water partition coefficient (Wildman–Crippen LogP) is 5.19. The molecule has 0 N–H and O–H groups in total. The van der Waals surface area contributed by atoms with Gasteiger partial charge in [-0.25, -0.2) is 0 Å². The fraction of sp³-hybridized carbons (Fsp3) is 0.500. The van der Waals surface area contributed by atoms with Gasteiger partial charge in [0.2, 0.25) is 0 Å². The second-order valence-electron chi connectivity index (χ2n) is 5.28. The molecule has 0 saturated heterocycles. The molecule has 1 aliphatic carbocycles. The van der Waals surface area contributed by atoms with Crippen LogP contribution in [0.25, 0.3) is 0 Å². The van der Waals surface area contributed by atoms with Gasteiger partial charge in [-0.05, 0) is 56.1 Å². The molecule has 1 heterocycles. The summed E-state index contributed by atoms with van der Waals surface area (Å²) < 4.78 is 0. The van der Waals surface area contributed by atoms with Gasteiger partial charge in [-0.3, -0.25) is 0 Å². The molecule has 0 aromatic heterocycles. The number of unbranched alkanes of at least 4 members (excludes halogenated alkanes) is 1. The first-order valence-electron chi connectivity index (χ1n) is 6.81. The molecule has 1 unspecified atom stereocenters. The summed E-state index contributed by atoms with van der Waals surface area (Å²) >= 11 is 0. The summed E-state index contributed by atoms with van der Waals surface area (Å²) in [4.78, 5) is 2.38. The third kappa shape index (κ3) is 2.34. The Labute approximate surface area is 113 Å². The van der Waals surface area contributed by atoms with Gasteiger partial charge >= 0.3 is 0 Å². The molecule has 1 aliphatic heterocycles. The highest BCUT2D eigenvalue weighted by atomic mass is 31.1. The molecule has 98 valence electrons. The molecule has 0 aromatic carbocycles. The van der Waals surface area contributed by atoms with E-state index >= 15 is 0 Å². The number of hydrogen-bond donors (Lipinski definition) is 0. The highest BCUT2D eigenvalue weighted by molar-refractivity contribution is 7.65. The zero-order valence-electron chi connectivity index (χ0n) is 12.2. The van der Waals surface area contributed by atoms with Crippen molar-refractivity contribution in [3.63, 3.8) is 0 Å². The normalized spacial score (nSPS) is 24.2. The van der Waals surface area contributed by atoms with Gasteiger partial charge in [0.1, 0.15) is 0 Å². The number of rotatable bonds is 3. The molecule has 2 heteroatoms. The number of likely N-dealkylation sites (N-methyl/N-ethyl adjacent to an activating group) is 1. The molecule has 18 heavy (non-hydrogen) atoms. The second-order valence-corrected chi connectivity index (χ2v) is 7.61. The summed E-state index contributed by atoms with van der Waals surface area (Å²) in [5.74, 6) is 0. The molecule has 0 bridgehead atoms. The second kappa shape index (κ2) is 5.45. The van der Waals surface area contributed by atoms with E-state index in [4.69, 9.17) is 0 Å². The maximum atomic E-state index is 2.41. The van der Waals surface area contributed by atoms with Gasteiger partial charge in [-0.1, -0.05) is 32.9 Å². The quantitative estimate of drug-likeness (QED) is 0.632. The van der Waals surface area contributed by atoms with Crippen molar-refractivity contribution in [2.75, 3.05) is 13.7 Å². The average molecular weight is 261 g/mol. The van der Waals surface area contributed by atoms with Crippen molar-refractivity contribution >= 4 is 7.92 Å². The van der Waals surface area contributed by atoms with Gasteiger partial charge in [-0.2, -0.15) is 0 Å². The first kappa shape index (κ1) is 13.6. The molecule has 1 nitrogen and oxygen atoms in total. The Morgan fingerprint density at radius 3 is 2.78 bits per heavy atom. The van der Waals surface area contributed by atoms with Crippen molar-refractivity contribution in [2.45, 2.75) is 40.0 Å². The van der Waals surface area contributed by atoms with Crippen molar-refractivity contribution in [2.24, 2.45) is 0 Å². The zero-order valence-corrected chi connectivity index (χ0v) is 13.1. The minimum atomic E-state index is -0.0923. The molecule has 0 spiro atoms. The fourth-order valence-electron chi connectivity index (χ4n) is 2.64. The molecule has 0 saturated carbocycles. The first-order valence-corrected chi connectivity index (χ1v) is 8.60. The van der Waals surface area contributed by atoms with E-state index in [9.17, 15) is 0 Å². The summed E-state index contributed by atoms with van der Waals surface area (Å²) in [5.41, 5.74) is 4.39. The molecular weight excluding hydrogens is 237 g/mol. The average Bonchev–Trinajstić information content (AvgIpc) is 2.73. The molecule has 0 amide bonds. The molecule has 0 aromatic rings. The largest absolute Gasteiger partial charge is 0.344 e. The smallest absolute Gasteiger partial charge is 0.0451 e. The van der Waals surface area contributed by atoms with E-state index in [1.165, 1.54) is 36.2 Å². The molecule has 0 fully saturated rings. The van der Waals surface area contributed by atoms with Gasteiger partial charge in [0, 0.05) is 18.4 Å². The molecule has 1 atom stereocenters. The van der Waals surface area contributed by atoms with Crippen LogP contribution in [-0.2, 0) is 0 Å². The van der Waals surface area contributed by atoms with Crippen LogP contribution in [0.15, 0.2) is 45.8 Å². The topological polar surface area (TPSA) is 3.24 Å². The Kier molecular flexibility index (Phi) is 4.12. The van der Waals surface area contributed by atoms with Crippen LogP contribution in [0.5, 0.6) is 0 Å². The van der Waals surface area contributed by atoms with E-state index in [-0.39, 0.29) is 7.92 Å². The number of allylic oxidation sites excluding steroid dienone is 6. The molecule has 0 radical (unpaired) electrons. The minimum Gasteiger partial charge on any atom is -0.344 e. The lowest BCUT2D eigenvalue weighted by Crippen LogP contribution is -2.19. The Morgan fingerprint density at radius 2 is 2.11 bits per heavy atom. The number of hydrogen-bond acceptors (Lipinski definition) is 1. The van der Waals surface area contributed by atoms with E-state index in [0.717, 1.165) is 0 Å². The van der Waals surface area contributed by atoms with Crippen molar-refractivity contribution < 1.29 is 0 Å². The van der Waals surface area contributed by atoms with E-state index in [1.54, 1.807) is 10.6 Å². The molecule has 2 aliphatic rings. The number of nitrogens with zero attached hydrogens (tertiary/aromatic N) is 1. The van der Waals surface area contributed by atoms with E-state index < -0.39 is 0 Å². The van der Waals surface area contributed by atoms with Crippen molar-refractivity contribution in [1.82, 2.24) is 4.90 Å². The standard InChI is InChI=1S/C16H24NP/c1-6-7-8-9-14-13(3)18(5)16-11-12(2)10-15(16)17(14)4/h8-10H,6-7,11H2,1-5H3. The van der Waals surface area contributed by atoms with Crippen LogP contribution >= 0.6 is 7.92 Å². The van der Waals surface area contributed by atoms with Crippen molar-refractivity contribution in [1.29, 1.82) is 0 Å². The van der Waals surface area contributed by atoms with Crippen LogP contribution < -0.4 is 0 Å². The summed E-state index contributed by atoms with van der Waals surface area (Å²) in [6.45, 7) is 9.20. The lowest BCUT2D eigenvalue weighted by atomic mass is 10.2. The van der Waals surface area contributed by atoms with Gasteiger partial charge in [0.05, 0.1) is 0 Å². The predicted molar refractivity (Wildman–Crippen MR) is 82.8 cm³/mol. The maximum Gasteiger partial charge on any atom is 0.0451 e. The van der Waals surface area contributed by atoms with Crippen LogP contribution in [0, 0.1) is 0 Å². The summed E-state index contributed by atoms with van der Waals surface area (Å²) in [7, 11) is 2.12. The highest BCUT2D eigenvalue weighted by Crippen LogP contribution is 2.59. The Balaban J connectivity index is 2.30. The van der Waals surface area contributed by atoms with E-state index in [0.29, 0.717) is 0 Å². The third-order valence-electron chi connectivity index (χ3n) is 3.86. The van der Waals surface area contributed by atoms with Crippen molar-refractivity contribution in [3.8, 4) is 0 Å². The van der Waals surface area contributed by atoms with Crippen LogP contribution in [0.4, 0.5) is 0 Å². The van der Waals surface area contributed by atoms with Crippen LogP contribution in [0.2, 0.25) is 0 Å². The van der Waals surface area contributed by atoms with Gasteiger partial charge in [0.15, 0.2) is 0 Å². The summed E-state index contributed by atoms with van der Waals surface area (Å²) in [5, 5.41) is 3.23. The SMILES string of the molecule is CCCC=CC1=C(C)P(C)C2=C(C=C(C)C2)N1C. The van der Waals surface area contributed by atoms with Crippen LogP contribution in [-0.4, -0.2) is 18.6 Å². The zero-order chi connectivity index (χ0) is 13.3. The molecule has 2 rings (SSSR count). The fourth-order valence-corrected chi connectivity index (χ4v) is 4.66. The Bertz CT molecular complexity index is 465. The van der Waals surface area contributed by atoms with Gasteiger partial charge in [0.25, 0.3) is 0 Å². The summed E-state index contributed by atoms with van der Waals surface area (Å²) in [6.07, 6.45) is 10.6. The highest BCUT2D eigenvalue weighted by Gasteiger charge is 2.29. The maximum absolute atomic E-state index is 2.41. The third-order valence-corrected chi connectivity index (χ3v) is 6.29. The first-order chi connectivity index (χ1) is 8.56. The van der Waals surface area contributed by atoms with E-state index in [2.05, 4.69) is 57.6 Å². The lowest BCUT2D eigenvalue weighted by Gasteiger charge is -2.33. The molecular formula is C16H24NP. The van der Waals surface area contributed by atoms with E-state index in [1.807, 2.05) is 0 Å². The Hall–Kier alpha value is -0.810. The van der Waals surface area contributed by atoms with Crippen molar-refractivity contribution in [3.05, 3.63) is 45.8 Å². The monoisotopic (exact) mass is 261 g/mol. The summed E-state index contributed by atoms with van der Waals surface area (Å²) in [6, 6.07) is 0.